The second-order valence-electron chi connectivity index (χ2n) is 6.58. The van der Waals surface area contributed by atoms with Crippen LogP contribution in [0.3, 0.4) is 0 Å². The van der Waals surface area contributed by atoms with Crippen molar-refractivity contribution in [3.63, 3.8) is 0 Å². The summed E-state index contributed by atoms with van der Waals surface area (Å²) >= 11 is 5.92. The smallest absolute Gasteiger partial charge is 0.343 e. The number of benzene rings is 3. The number of carbonyl (C=O) groups is 1. The summed E-state index contributed by atoms with van der Waals surface area (Å²) < 4.78 is 21.3. The van der Waals surface area contributed by atoms with Crippen molar-refractivity contribution < 1.29 is 23.7 Å². The number of nitrogens with zero attached hydrogens (tertiary/aromatic N) is 1. The number of carbonyl (C=O) groups excluding carboxylic acids is 1. The monoisotopic (exact) mass is 449 g/mol. The molecule has 0 saturated heterocycles. The number of rotatable bonds is 7. The van der Waals surface area contributed by atoms with Gasteiger partial charge in [0.15, 0.2) is 11.5 Å². The van der Waals surface area contributed by atoms with Gasteiger partial charge in [0, 0.05) is 11.1 Å². The topological polar surface area (TPSA) is 77.8 Å². The van der Waals surface area contributed by atoms with Gasteiger partial charge in [0.25, 0.3) is 0 Å². The van der Waals surface area contributed by atoms with E-state index >= 15 is 0 Å². The Morgan fingerprint density at radius 1 is 0.844 bits per heavy atom. The molecule has 3 rings (SSSR count). The van der Waals surface area contributed by atoms with Gasteiger partial charge in [-0.3, -0.25) is 0 Å². The second-order valence-corrected chi connectivity index (χ2v) is 7.01. The number of ether oxygens (including phenoxy) is 4. The molecular formula is C25H20ClNO5. The Kier molecular flexibility index (Phi) is 7.37. The van der Waals surface area contributed by atoms with Crippen molar-refractivity contribution in [1.29, 1.82) is 5.26 Å². The van der Waals surface area contributed by atoms with Crippen molar-refractivity contribution in [1.82, 2.24) is 0 Å². The van der Waals surface area contributed by atoms with E-state index in [-0.39, 0.29) is 11.3 Å². The molecule has 0 spiro atoms. The quantitative estimate of drug-likeness (QED) is 0.201. The lowest BCUT2D eigenvalue weighted by Gasteiger charge is -2.12. The molecule has 3 aromatic rings. The number of nitriles is 1. The molecule has 0 aliphatic rings. The van der Waals surface area contributed by atoms with Crippen LogP contribution in [0.15, 0.2) is 60.7 Å². The van der Waals surface area contributed by atoms with E-state index in [0.29, 0.717) is 33.4 Å². The number of allylic oxidation sites excluding steroid dienone is 1. The first-order valence-corrected chi connectivity index (χ1v) is 9.86. The van der Waals surface area contributed by atoms with Crippen LogP contribution in [0.2, 0.25) is 5.02 Å². The predicted molar refractivity (Wildman–Crippen MR) is 122 cm³/mol. The van der Waals surface area contributed by atoms with Crippen molar-refractivity contribution in [2.75, 3.05) is 21.3 Å². The van der Waals surface area contributed by atoms with Crippen LogP contribution in [0.4, 0.5) is 0 Å². The van der Waals surface area contributed by atoms with Gasteiger partial charge in [-0.25, -0.2) is 4.79 Å². The molecule has 7 heteroatoms. The lowest BCUT2D eigenvalue weighted by molar-refractivity contribution is 0.0729. The molecule has 3 aromatic carbocycles. The van der Waals surface area contributed by atoms with E-state index in [4.69, 9.17) is 30.5 Å². The molecule has 0 heterocycles. The van der Waals surface area contributed by atoms with E-state index in [1.54, 1.807) is 66.7 Å². The summed E-state index contributed by atoms with van der Waals surface area (Å²) in [4.78, 5) is 12.7. The zero-order valence-electron chi connectivity index (χ0n) is 17.7. The van der Waals surface area contributed by atoms with Crippen LogP contribution in [-0.2, 0) is 0 Å². The summed E-state index contributed by atoms with van der Waals surface area (Å²) in [6.45, 7) is 0. The van der Waals surface area contributed by atoms with Gasteiger partial charge in [-0.2, -0.15) is 5.26 Å². The lowest BCUT2D eigenvalue weighted by atomic mass is 10.0. The minimum Gasteiger partial charge on any atom is -0.497 e. The minimum atomic E-state index is -0.595. The fourth-order valence-corrected chi connectivity index (χ4v) is 3.04. The SMILES string of the molecule is COc1cc(OC)cc(C(=O)Oc2ccc(/C=C(/C#N)c3ccc(Cl)cc3)cc2OC)c1. The minimum absolute atomic E-state index is 0.237. The highest BCUT2D eigenvalue weighted by Crippen LogP contribution is 2.31. The molecule has 0 aliphatic heterocycles. The fraction of sp³-hybridized carbons (Fsp3) is 0.120. The fourth-order valence-electron chi connectivity index (χ4n) is 2.92. The summed E-state index contributed by atoms with van der Waals surface area (Å²) in [6, 6.07) is 19.0. The van der Waals surface area contributed by atoms with Gasteiger partial charge in [-0.1, -0.05) is 29.8 Å². The Balaban J connectivity index is 1.88. The first-order chi connectivity index (χ1) is 15.5. The average molecular weight is 450 g/mol. The number of hydrogen-bond acceptors (Lipinski definition) is 6. The van der Waals surface area contributed by atoms with Crippen LogP contribution < -0.4 is 18.9 Å². The Labute approximate surface area is 191 Å². The number of hydrogen-bond donors (Lipinski definition) is 0. The molecule has 6 nitrogen and oxygen atoms in total. The molecule has 32 heavy (non-hydrogen) atoms. The van der Waals surface area contributed by atoms with Gasteiger partial charge < -0.3 is 18.9 Å². The maximum atomic E-state index is 12.7. The third kappa shape index (κ3) is 5.39. The molecule has 0 N–H and O–H groups in total. The molecular weight excluding hydrogens is 430 g/mol. The number of halogens is 1. The summed E-state index contributed by atoms with van der Waals surface area (Å²) in [5.41, 5.74) is 2.16. The zero-order valence-corrected chi connectivity index (χ0v) is 18.5. The maximum Gasteiger partial charge on any atom is 0.343 e. The first kappa shape index (κ1) is 22.7. The summed E-state index contributed by atoms with van der Waals surface area (Å²) in [5.74, 6) is 0.921. The average Bonchev–Trinajstić information content (AvgIpc) is 2.83. The standard InChI is InChI=1S/C25H20ClNO5/c1-29-21-12-18(13-22(14-21)30-2)25(28)32-23-9-4-16(11-24(23)31-3)10-19(15-27)17-5-7-20(26)8-6-17/h4-14H,1-3H3/b19-10-. The van der Waals surface area contributed by atoms with E-state index < -0.39 is 5.97 Å². The van der Waals surface area contributed by atoms with Crippen molar-refractivity contribution in [2.45, 2.75) is 0 Å². The number of methoxy groups -OCH3 is 3. The van der Waals surface area contributed by atoms with E-state index in [1.807, 2.05) is 0 Å². The Morgan fingerprint density at radius 3 is 2.06 bits per heavy atom. The molecule has 0 radical (unpaired) electrons. The number of esters is 1. The molecule has 0 aromatic heterocycles. The Morgan fingerprint density at radius 2 is 1.50 bits per heavy atom. The van der Waals surface area contributed by atoms with Gasteiger partial charge in [-0.15, -0.1) is 0 Å². The van der Waals surface area contributed by atoms with Crippen LogP contribution in [0.1, 0.15) is 21.5 Å². The van der Waals surface area contributed by atoms with Crippen LogP contribution >= 0.6 is 11.6 Å². The summed E-state index contributed by atoms with van der Waals surface area (Å²) in [6.07, 6.45) is 1.71. The van der Waals surface area contributed by atoms with Crippen LogP contribution in [0.25, 0.3) is 11.6 Å². The third-order valence-electron chi connectivity index (χ3n) is 4.56. The maximum absolute atomic E-state index is 12.7. The van der Waals surface area contributed by atoms with Gasteiger partial charge in [0.1, 0.15) is 11.5 Å². The van der Waals surface area contributed by atoms with E-state index in [0.717, 1.165) is 5.56 Å². The van der Waals surface area contributed by atoms with Crippen molar-refractivity contribution in [3.8, 4) is 29.1 Å². The highest BCUT2D eigenvalue weighted by Gasteiger charge is 2.15. The first-order valence-electron chi connectivity index (χ1n) is 9.48. The van der Waals surface area contributed by atoms with Gasteiger partial charge in [0.05, 0.1) is 38.5 Å². The normalized spacial score (nSPS) is 10.8. The lowest BCUT2D eigenvalue weighted by Crippen LogP contribution is -2.10. The van der Waals surface area contributed by atoms with E-state index in [2.05, 4.69) is 6.07 Å². The van der Waals surface area contributed by atoms with Gasteiger partial charge >= 0.3 is 5.97 Å². The van der Waals surface area contributed by atoms with Gasteiger partial charge in [0.2, 0.25) is 0 Å². The second kappa shape index (κ2) is 10.4. The molecule has 0 atom stereocenters. The van der Waals surface area contributed by atoms with Crippen LogP contribution in [-0.4, -0.2) is 27.3 Å². The Bertz CT molecular complexity index is 1170. The van der Waals surface area contributed by atoms with Crippen LogP contribution in [0.5, 0.6) is 23.0 Å². The highest BCUT2D eigenvalue weighted by molar-refractivity contribution is 6.30. The summed E-state index contributed by atoms with van der Waals surface area (Å²) in [7, 11) is 4.47. The summed E-state index contributed by atoms with van der Waals surface area (Å²) in [5, 5.41) is 10.1. The largest absolute Gasteiger partial charge is 0.497 e. The zero-order chi connectivity index (χ0) is 23.1. The molecule has 0 saturated carbocycles. The van der Waals surface area contributed by atoms with Gasteiger partial charge in [-0.05, 0) is 53.6 Å². The van der Waals surface area contributed by atoms with Crippen molar-refractivity contribution in [2.24, 2.45) is 0 Å². The molecule has 162 valence electrons. The molecule has 0 fully saturated rings. The predicted octanol–water partition coefficient (Wildman–Crippen LogP) is 5.65. The van der Waals surface area contributed by atoms with Crippen LogP contribution in [0, 0.1) is 11.3 Å². The highest BCUT2D eigenvalue weighted by atomic mass is 35.5. The molecule has 0 bridgehead atoms. The van der Waals surface area contributed by atoms with Crippen molar-refractivity contribution in [3.05, 3.63) is 82.4 Å². The molecule has 0 unspecified atom stereocenters. The third-order valence-corrected chi connectivity index (χ3v) is 4.82. The molecule has 0 amide bonds. The van der Waals surface area contributed by atoms with E-state index in [1.165, 1.54) is 21.3 Å². The molecule has 0 aliphatic carbocycles. The Hall–Kier alpha value is -3.95. The van der Waals surface area contributed by atoms with E-state index in [9.17, 15) is 10.1 Å². The van der Waals surface area contributed by atoms with Crippen molar-refractivity contribution >= 4 is 29.2 Å².